The van der Waals surface area contributed by atoms with Gasteiger partial charge in [-0.1, -0.05) is 20.8 Å². The topological polar surface area (TPSA) is 57.5 Å². The van der Waals surface area contributed by atoms with Crippen molar-refractivity contribution in [3.63, 3.8) is 0 Å². The minimum atomic E-state index is -0.421. The molecule has 2 N–H and O–H groups in total. The summed E-state index contributed by atoms with van der Waals surface area (Å²) in [5.74, 6) is 1.05. The van der Waals surface area contributed by atoms with E-state index in [0.29, 0.717) is 17.6 Å². The first-order valence-electron chi connectivity index (χ1n) is 7.12. The van der Waals surface area contributed by atoms with Crippen molar-refractivity contribution < 1.29 is 15.0 Å². The van der Waals surface area contributed by atoms with Gasteiger partial charge in [0.2, 0.25) is 0 Å². The molecule has 0 aliphatic heterocycles. The molecule has 0 saturated heterocycles. The van der Waals surface area contributed by atoms with Crippen LogP contribution in [0.2, 0.25) is 0 Å². The van der Waals surface area contributed by atoms with Crippen molar-refractivity contribution in [3.8, 4) is 0 Å². The summed E-state index contributed by atoms with van der Waals surface area (Å²) in [5.41, 5.74) is -0.928. The van der Waals surface area contributed by atoms with E-state index in [1.807, 2.05) is 0 Å². The van der Waals surface area contributed by atoms with Crippen LogP contribution in [0.5, 0.6) is 0 Å². The fraction of sp³-hybridized carbons (Fsp3) is 0.933. The van der Waals surface area contributed by atoms with Gasteiger partial charge in [0.1, 0.15) is 5.78 Å². The van der Waals surface area contributed by atoms with Gasteiger partial charge in [-0.3, -0.25) is 4.79 Å². The summed E-state index contributed by atoms with van der Waals surface area (Å²) in [4.78, 5) is 13.0. The summed E-state index contributed by atoms with van der Waals surface area (Å²) in [6.45, 7) is 6.50. The van der Waals surface area contributed by atoms with Crippen LogP contribution in [0.15, 0.2) is 0 Å². The molecule has 2 unspecified atom stereocenters. The number of carbonyl (C=O) groups excluding carboxylic acids is 1. The average molecular weight is 250 g/mol. The summed E-state index contributed by atoms with van der Waals surface area (Å²) in [5, 5.41) is 19.9. The molecule has 5 fully saturated rings. The number of carbonyl (C=O) groups is 1. The molecule has 5 aliphatic rings. The molecule has 5 rings (SSSR count). The van der Waals surface area contributed by atoms with Crippen molar-refractivity contribution in [3.05, 3.63) is 0 Å². The number of ketones is 1. The van der Waals surface area contributed by atoms with Crippen LogP contribution in [0.1, 0.15) is 40.0 Å². The Labute approximate surface area is 108 Å². The molecule has 1 spiro atoms. The molecule has 3 heteroatoms. The largest absolute Gasteiger partial charge is 0.395 e. The number of aliphatic hydroxyl groups is 2. The Bertz CT molecular complexity index is 470. The first-order chi connectivity index (χ1) is 8.28. The fourth-order valence-corrected chi connectivity index (χ4v) is 6.99. The number of Topliss-reactive ketones (excluding diaryl/α,β-unsaturated/α-hetero) is 1. The van der Waals surface area contributed by atoms with Crippen molar-refractivity contribution in [1.82, 2.24) is 0 Å². The second kappa shape index (κ2) is 2.57. The third kappa shape index (κ3) is 0.726. The fourth-order valence-electron chi connectivity index (χ4n) is 6.99. The standard InChI is InChI=1S/C15H22O3/c1-12(2)4-8(17)5-13(3)10-9-6-15(12,13)11(18)14(9,10)7-16/h8-10,16-17H,4-7H2,1-3H3/t8-,9?,10-,13-,14?,15-/m1/s1. The second-order valence-corrected chi connectivity index (χ2v) is 8.08. The van der Waals surface area contributed by atoms with Crippen LogP contribution in [0.4, 0.5) is 0 Å². The van der Waals surface area contributed by atoms with Crippen molar-refractivity contribution in [2.24, 2.45) is 33.5 Å². The highest BCUT2D eigenvalue weighted by Crippen LogP contribution is 2.92. The Balaban J connectivity index is 1.95. The molecule has 5 saturated carbocycles. The number of hydrogen-bond donors (Lipinski definition) is 2. The minimum absolute atomic E-state index is 0.0185. The van der Waals surface area contributed by atoms with Gasteiger partial charge in [0.05, 0.1) is 18.1 Å². The predicted molar refractivity (Wildman–Crippen MR) is 65.7 cm³/mol. The Morgan fingerprint density at radius 2 is 1.89 bits per heavy atom. The lowest BCUT2D eigenvalue weighted by atomic mass is 9.48. The van der Waals surface area contributed by atoms with E-state index < -0.39 is 5.41 Å². The summed E-state index contributed by atoms with van der Waals surface area (Å²) in [7, 11) is 0. The SMILES string of the molecule is CC1(C)C[C@@H](O)C[C@]2(C)[C@H]3C4C[C@@]12C(=O)C43CO. The van der Waals surface area contributed by atoms with Crippen LogP contribution in [0, 0.1) is 33.5 Å². The van der Waals surface area contributed by atoms with E-state index >= 15 is 0 Å². The molecule has 0 heterocycles. The van der Waals surface area contributed by atoms with Crippen LogP contribution in [-0.4, -0.2) is 28.7 Å². The van der Waals surface area contributed by atoms with E-state index in [0.717, 1.165) is 19.3 Å². The molecule has 0 radical (unpaired) electrons. The smallest absolute Gasteiger partial charge is 0.149 e. The van der Waals surface area contributed by atoms with Crippen molar-refractivity contribution in [2.75, 3.05) is 6.61 Å². The van der Waals surface area contributed by atoms with Crippen LogP contribution in [0.3, 0.4) is 0 Å². The van der Waals surface area contributed by atoms with Gasteiger partial charge in [-0.25, -0.2) is 0 Å². The summed E-state index contributed by atoms with van der Waals surface area (Å²) < 4.78 is 0. The Kier molecular flexibility index (Phi) is 1.63. The van der Waals surface area contributed by atoms with Crippen LogP contribution < -0.4 is 0 Å². The Morgan fingerprint density at radius 1 is 1.22 bits per heavy atom. The quantitative estimate of drug-likeness (QED) is 0.739. The second-order valence-electron chi connectivity index (χ2n) is 8.08. The molecule has 0 amide bonds. The number of rotatable bonds is 1. The van der Waals surface area contributed by atoms with E-state index in [-0.39, 0.29) is 29.0 Å². The number of aliphatic hydroxyl groups excluding tert-OH is 2. The molecular weight excluding hydrogens is 228 g/mol. The first kappa shape index (κ1) is 11.4. The first-order valence-corrected chi connectivity index (χ1v) is 7.12. The van der Waals surface area contributed by atoms with E-state index in [2.05, 4.69) is 20.8 Å². The van der Waals surface area contributed by atoms with Gasteiger partial charge in [-0.05, 0) is 41.9 Å². The molecule has 3 nitrogen and oxygen atoms in total. The van der Waals surface area contributed by atoms with Gasteiger partial charge >= 0.3 is 0 Å². The predicted octanol–water partition coefficient (Wildman–Crippen LogP) is 1.37. The zero-order valence-corrected chi connectivity index (χ0v) is 11.4. The van der Waals surface area contributed by atoms with E-state index in [9.17, 15) is 15.0 Å². The molecule has 0 aromatic heterocycles. The van der Waals surface area contributed by atoms with Gasteiger partial charge in [-0.15, -0.1) is 0 Å². The monoisotopic (exact) mass is 250 g/mol. The molecule has 18 heavy (non-hydrogen) atoms. The van der Waals surface area contributed by atoms with Crippen molar-refractivity contribution >= 4 is 5.78 Å². The third-order valence-corrected chi connectivity index (χ3v) is 7.33. The lowest BCUT2D eigenvalue weighted by Crippen LogP contribution is -2.55. The Hall–Kier alpha value is -0.410. The molecule has 6 atom stereocenters. The van der Waals surface area contributed by atoms with E-state index in [1.54, 1.807) is 0 Å². The Morgan fingerprint density at radius 3 is 2.44 bits per heavy atom. The molecule has 5 aliphatic carbocycles. The normalized spacial score (nSPS) is 62.9. The summed E-state index contributed by atoms with van der Waals surface area (Å²) in [6.07, 6.45) is 2.12. The average Bonchev–Trinajstić information content (AvgIpc) is 2.64. The zero-order valence-electron chi connectivity index (χ0n) is 11.4. The maximum absolute atomic E-state index is 13.0. The van der Waals surface area contributed by atoms with Gasteiger partial charge < -0.3 is 10.2 Å². The summed E-state index contributed by atoms with van der Waals surface area (Å²) in [6, 6.07) is 0. The van der Waals surface area contributed by atoms with E-state index in [1.165, 1.54) is 0 Å². The molecule has 0 aromatic rings. The van der Waals surface area contributed by atoms with Crippen LogP contribution in [-0.2, 0) is 4.79 Å². The number of hydrogen-bond acceptors (Lipinski definition) is 3. The van der Waals surface area contributed by atoms with E-state index in [4.69, 9.17) is 0 Å². The molecular formula is C15H22O3. The lowest BCUT2D eigenvalue weighted by molar-refractivity contribution is -0.155. The highest BCUT2D eigenvalue weighted by Gasteiger charge is 2.95. The summed E-state index contributed by atoms with van der Waals surface area (Å²) >= 11 is 0. The van der Waals surface area contributed by atoms with Crippen molar-refractivity contribution in [1.29, 1.82) is 0 Å². The molecule has 100 valence electrons. The van der Waals surface area contributed by atoms with Gasteiger partial charge in [0.15, 0.2) is 0 Å². The minimum Gasteiger partial charge on any atom is -0.395 e. The maximum atomic E-state index is 13.0. The highest BCUT2D eigenvalue weighted by molar-refractivity contribution is 6.02. The van der Waals surface area contributed by atoms with Gasteiger partial charge in [0.25, 0.3) is 0 Å². The maximum Gasteiger partial charge on any atom is 0.149 e. The highest BCUT2D eigenvalue weighted by atomic mass is 16.3. The van der Waals surface area contributed by atoms with Gasteiger partial charge in [0, 0.05) is 5.41 Å². The van der Waals surface area contributed by atoms with Crippen molar-refractivity contribution in [2.45, 2.75) is 46.1 Å². The molecule has 4 bridgehead atoms. The molecule has 0 aromatic carbocycles. The van der Waals surface area contributed by atoms with Gasteiger partial charge in [-0.2, -0.15) is 0 Å². The lowest BCUT2D eigenvalue weighted by Gasteiger charge is -2.55. The van der Waals surface area contributed by atoms with Crippen LogP contribution >= 0.6 is 0 Å². The third-order valence-electron chi connectivity index (χ3n) is 7.33. The zero-order chi connectivity index (χ0) is 13.1. The van der Waals surface area contributed by atoms with Crippen LogP contribution in [0.25, 0.3) is 0 Å².